The second-order valence-corrected chi connectivity index (χ2v) is 4.80. The van der Waals surface area contributed by atoms with Gasteiger partial charge in [0, 0.05) is 11.8 Å². The molecule has 0 spiro atoms. The number of aromatic nitrogens is 1. The molecule has 0 amide bonds. The van der Waals surface area contributed by atoms with Gasteiger partial charge in [-0.3, -0.25) is 4.98 Å². The Labute approximate surface area is 118 Å². The van der Waals surface area contributed by atoms with Crippen molar-refractivity contribution in [2.24, 2.45) is 5.73 Å². The molecule has 2 N–H and O–H groups in total. The van der Waals surface area contributed by atoms with E-state index in [1.807, 2.05) is 31.2 Å². The molecule has 0 aliphatic heterocycles. The molecular formula is C15H16N2OS. The summed E-state index contributed by atoms with van der Waals surface area (Å²) in [6.07, 6.45) is 1.68. The first kappa shape index (κ1) is 13.5. The van der Waals surface area contributed by atoms with Crippen LogP contribution < -0.4 is 10.5 Å². The lowest BCUT2D eigenvalue weighted by Crippen LogP contribution is -2.15. The zero-order chi connectivity index (χ0) is 13.8. The molecule has 0 aliphatic carbocycles. The maximum absolute atomic E-state index is 5.84. The van der Waals surface area contributed by atoms with Crippen molar-refractivity contribution < 1.29 is 4.74 Å². The van der Waals surface area contributed by atoms with Crippen LogP contribution in [-0.2, 0) is 6.61 Å². The highest BCUT2D eigenvalue weighted by atomic mass is 32.1. The third kappa shape index (κ3) is 3.09. The first-order valence-electron chi connectivity index (χ1n) is 6.02. The molecular weight excluding hydrogens is 256 g/mol. The molecule has 1 aromatic carbocycles. The number of aryl methyl sites for hydroxylation is 1. The van der Waals surface area contributed by atoms with Crippen LogP contribution in [0.2, 0.25) is 0 Å². The van der Waals surface area contributed by atoms with Gasteiger partial charge in [0.2, 0.25) is 0 Å². The van der Waals surface area contributed by atoms with Gasteiger partial charge in [-0.2, -0.15) is 0 Å². The highest BCUT2D eigenvalue weighted by Gasteiger charge is 2.08. The number of pyridine rings is 1. The summed E-state index contributed by atoms with van der Waals surface area (Å²) in [4.78, 5) is 4.48. The van der Waals surface area contributed by atoms with Crippen LogP contribution in [0, 0.1) is 13.8 Å². The van der Waals surface area contributed by atoms with E-state index in [9.17, 15) is 0 Å². The molecule has 4 heteroatoms. The molecule has 19 heavy (non-hydrogen) atoms. The van der Waals surface area contributed by atoms with Crippen molar-refractivity contribution in [1.82, 2.24) is 4.98 Å². The number of hydrogen-bond donors (Lipinski definition) is 1. The van der Waals surface area contributed by atoms with Crippen LogP contribution in [0.5, 0.6) is 5.75 Å². The number of benzene rings is 1. The van der Waals surface area contributed by atoms with E-state index in [-0.39, 0.29) is 0 Å². The van der Waals surface area contributed by atoms with E-state index in [0.717, 1.165) is 16.9 Å². The van der Waals surface area contributed by atoms with Gasteiger partial charge in [0.15, 0.2) is 0 Å². The molecule has 1 heterocycles. The maximum Gasteiger partial charge on any atom is 0.123 e. The summed E-state index contributed by atoms with van der Waals surface area (Å²) in [6.45, 7) is 4.51. The Morgan fingerprint density at radius 1 is 1.26 bits per heavy atom. The Kier molecular flexibility index (Phi) is 4.12. The molecule has 0 unspecified atom stereocenters. The van der Waals surface area contributed by atoms with Crippen molar-refractivity contribution in [3.63, 3.8) is 0 Å². The van der Waals surface area contributed by atoms with Crippen LogP contribution in [0.1, 0.15) is 22.4 Å². The van der Waals surface area contributed by atoms with Crippen molar-refractivity contribution in [3.05, 3.63) is 58.9 Å². The van der Waals surface area contributed by atoms with E-state index in [4.69, 9.17) is 22.7 Å². The second kappa shape index (κ2) is 5.80. The lowest BCUT2D eigenvalue weighted by atomic mass is 10.1. The smallest absolute Gasteiger partial charge is 0.123 e. The number of thiocarbonyl (C=S) groups is 1. The average Bonchev–Trinajstić information content (AvgIpc) is 2.40. The molecule has 3 nitrogen and oxygen atoms in total. The monoisotopic (exact) mass is 272 g/mol. The summed E-state index contributed by atoms with van der Waals surface area (Å²) < 4.78 is 5.84. The zero-order valence-corrected chi connectivity index (χ0v) is 11.8. The average molecular weight is 272 g/mol. The highest BCUT2D eigenvalue weighted by Crippen LogP contribution is 2.22. The summed E-state index contributed by atoms with van der Waals surface area (Å²) in [5.74, 6) is 0.873. The van der Waals surface area contributed by atoms with Gasteiger partial charge in [-0.25, -0.2) is 0 Å². The fourth-order valence-electron chi connectivity index (χ4n) is 1.81. The second-order valence-electron chi connectivity index (χ2n) is 4.36. The predicted octanol–water partition coefficient (Wildman–Crippen LogP) is 2.91. The summed E-state index contributed by atoms with van der Waals surface area (Å²) >= 11 is 4.99. The normalized spacial score (nSPS) is 10.2. The number of nitrogens with zero attached hydrogens (tertiary/aromatic N) is 1. The molecule has 0 radical (unpaired) electrons. The first-order valence-corrected chi connectivity index (χ1v) is 6.43. The van der Waals surface area contributed by atoms with Gasteiger partial charge in [-0.15, -0.1) is 0 Å². The van der Waals surface area contributed by atoms with Gasteiger partial charge in [0.05, 0.1) is 0 Å². The molecule has 1 aromatic heterocycles. The summed E-state index contributed by atoms with van der Waals surface area (Å²) in [7, 11) is 0. The summed E-state index contributed by atoms with van der Waals surface area (Å²) in [5, 5.41) is 0. The molecule has 0 bridgehead atoms. The van der Waals surface area contributed by atoms with Crippen LogP contribution in [0.3, 0.4) is 0 Å². The fourth-order valence-corrected chi connectivity index (χ4v) is 2.00. The molecule has 0 atom stereocenters. The van der Waals surface area contributed by atoms with Crippen LogP contribution in [0.4, 0.5) is 0 Å². The van der Waals surface area contributed by atoms with E-state index in [1.54, 1.807) is 6.20 Å². The van der Waals surface area contributed by atoms with Gasteiger partial charge in [-0.1, -0.05) is 30.4 Å². The highest BCUT2D eigenvalue weighted by molar-refractivity contribution is 7.80. The first-order chi connectivity index (χ1) is 9.09. The van der Waals surface area contributed by atoms with Gasteiger partial charge in [0.1, 0.15) is 23.0 Å². The van der Waals surface area contributed by atoms with Gasteiger partial charge < -0.3 is 10.5 Å². The summed E-state index contributed by atoms with van der Waals surface area (Å²) in [6, 6.07) is 9.78. The van der Waals surface area contributed by atoms with Gasteiger partial charge in [0.25, 0.3) is 0 Å². The van der Waals surface area contributed by atoms with Crippen molar-refractivity contribution in [1.29, 1.82) is 0 Å². The lowest BCUT2D eigenvalue weighted by Gasteiger charge is -2.12. The van der Waals surface area contributed by atoms with Gasteiger partial charge >= 0.3 is 0 Å². The molecule has 0 saturated carbocycles. The Bertz CT molecular complexity index is 611. The third-order valence-corrected chi connectivity index (χ3v) is 3.26. The van der Waals surface area contributed by atoms with E-state index in [1.165, 1.54) is 5.56 Å². The molecule has 0 aliphatic rings. The fraction of sp³-hybridized carbons (Fsp3) is 0.200. The third-order valence-electron chi connectivity index (χ3n) is 3.06. The SMILES string of the molecule is Cc1cccc(OCc2cccnc2C(N)=S)c1C. The standard InChI is InChI=1S/C15H16N2OS/c1-10-5-3-7-13(11(10)2)18-9-12-6-4-8-17-14(12)15(16)19/h3-8H,9H2,1-2H3,(H2,16,19). The van der Waals surface area contributed by atoms with Crippen molar-refractivity contribution in [3.8, 4) is 5.75 Å². The van der Waals surface area contributed by atoms with Crippen LogP contribution in [-0.4, -0.2) is 9.97 Å². The quantitative estimate of drug-likeness (QED) is 0.869. The van der Waals surface area contributed by atoms with Crippen molar-refractivity contribution in [2.75, 3.05) is 0 Å². The van der Waals surface area contributed by atoms with Crippen LogP contribution >= 0.6 is 12.2 Å². The minimum absolute atomic E-state index is 0.292. The Balaban J connectivity index is 2.19. The van der Waals surface area contributed by atoms with Crippen molar-refractivity contribution >= 4 is 17.2 Å². The van der Waals surface area contributed by atoms with Crippen molar-refractivity contribution in [2.45, 2.75) is 20.5 Å². The van der Waals surface area contributed by atoms with E-state index in [2.05, 4.69) is 18.0 Å². The number of ether oxygens (including phenoxy) is 1. The van der Waals surface area contributed by atoms with E-state index in [0.29, 0.717) is 17.3 Å². The Hall–Kier alpha value is -1.94. The predicted molar refractivity (Wildman–Crippen MR) is 80.4 cm³/mol. The molecule has 2 rings (SSSR count). The number of hydrogen-bond acceptors (Lipinski definition) is 3. The minimum atomic E-state index is 0.292. The lowest BCUT2D eigenvalue weighted by molar-refractivity contribution is 0.303. The topological polar surface area (TPSA) is 48.1 Å². The molecule has 98 valence electrons. The zero-order valence-electron chi connectivity index (χ0n) is 11.0. The van der Waals surface area contributed by atoms with E-state index < -0.39 is 0 Å². The maximum atomic E-state index is 5.84. The van der Waals surface area contributed by atoms with Gasteiger partial charge in [-0.05, 0) is 37.1 Å². The molecule has 2 aromatic rings. The Morgan fingerprint density at radius 2 is 2.05 bits per heavy atom. The Morgan fingerprint density at radius 3 is 2.79 bits per heavy atom. The van der Waals surface area contributed by atoms with Crippen LogP contribution in [0.15, 0.2) is 36.5 Å². The number of nitrogens with two attached hydrogens (primary N) is 1. The molecule has 0 saturated heterocycles. The van der Waals surface area contributed by atoms with Crippen LogP contribution in [0.25, 0.3) is 0 Å². The largest absolute Gasteiger partial charge is 0.489 e. The number of rotatable bonds is 4. The minimum Gasteiger partial charge on any atom is -0.489 e. The summed E-state index contributed by atoms with van der Waals surface area (Å²) in [5.41, 5.74) is 9.53. The van der Waals surface area contributed by atoms with E-state index >= 15 is 0 Å². The molecule has 0 fully saturated rings.